The highest BCUT2D eigenvalue weighted by molar-refractivity contribution is 5.92. The summed E-state index contributed by atoms with van der Waals surface area (Å²) in [5.41, 5.74) is 2.08. The SMILES string of the molecule is CN(CC(=O)Nc1ccc(Oc2ccc(F)cc2)cc1)C1CCN(Cc2ccc(C(=O)O)cc2)CC1. The highest BCUT2D eigenvalue weighted by Crippen LogP contribution is 2.23. The standard InChI is InChI=1S/C28H30FN3O4/c1-31(24-14-16-32(17-15-24)18-20-2-4-21(5-3-20)28(34)35)19-27(33)30-23-8-12-26(13-9-23)36-25-10-6-22(29)7-11-25/h2-13,24H,14-19H2,1H3,(H,30,33)(H,34,35). The van der Waals surface area contributed by atoms with Crippen molar-refractivity contribution in [1.29, 1.82) is 0 Å². The van der Waals surface area contributed by atoms with E-state index >= 15 is 0 Å². The maximum absolute atomic E-state index is 13.0. The number of carbonyl (C=O) groups is 2. The molecule has 1 aliphatic heterocycles. The molecule has 0 aromatic heterocycles. The van der Waals surface area contributed by atoms with Gasteiger partial charge in [0.1, 0.15) is 17.3 Å². The molecule has 0 radical (unpaired) electrons. The van der Waals surface area contributed by atoms with Gasteiger partial charge >= 0.3 is 5.97 Å². The molecule has 1 heterocycles. The van der Waals surface area contributed by atoms with Gasteiger partial charge < -0.3 is 15.2 Å². The molecule has 3 aromatic carbocycles. The first-order valence-electron chi connectivity index (χ1n) is 11.9. The third-order valence-electron chi connectivity index (χ3n) is 6.37. The van der Waals surface area contributed by atoms with E-state index in [-0.39, 0.29) is 11.7 Å². The zero-order valence-electron chi connectivity index (χ0n) is 20.2. The molecule has 2 N–H and O–H groups in total. The van der Waals surface area contributed by atoms with E-state index in [9.17, 15) is 14.0 Å². The fourth-order valence-electron chi connectivity index (χ4n) is 4.33. The van der Waals surface area contributed by atoms with Crippen molar-refractivity contribution >= 4 is 17.6 Å². The zero-order chi connectivity index (χ0) is 25.5. The number of anilines is 1. The summed E-state index contributed by atoms with van der Waals surface area (Å²) in [4.78, 5) is 28.0. The maximum atomic E-state index is 13.0. The van der Waals surface area contributed by atoms with E-state index in [1.165, 1.54) is 12.1 Å². The predicted octanol–water partition coefficient (Wildman–Crippen LogP) is 4.85. The Morgan fingerprint density at radius 1 is 0.972 bits per heavy atom. The number of nitrogens with zero attached hydrogens (tertiary/aromatic N) is 2. The maximum Gasteiger partial charge on any atom is 0.335 e. The highest BCUT2D eigenvalue weighted by atomic mass is 19.1. The minimum absolute atomic E-state index is 0.0781. The summed E-state index contributed by atoms with van der Waals surface area (Å²) in [6.45, 7) is 2.94. The Labute approximate surface area is 210 Å². The topological polar surface area (TPSA) is 82.1 Å². The molecule has 1 saturated heterocycles. The molecule has 36 heavy (non-hydrogen) atoms. The number of nitrogens with one attached hydrogen (secondary N) is 1. The Morgan fingerprint density at radius 3 is 2.14 bits per heavy atom. The molecule has 0 bridgehead atoms. The second-order valence-corrected chi connectivity index (χ2v) is 9.05. The largest absolute Gasteiger partial charge is 0.478 e. The summed E-state index contributed by atoms with van der Waals surface area (Å²) < 4.78 is 18.7. The van der Waals surface area contributed by atoms with Crippen molar-refractivity contribution in [3.63, 3.8) is 0 Å². The number of amides is 1. The van der Waals surface area contributed by atoms with Crippen LogP contribution in [-0.4, -0.2) is 59.5 Å². The monoisotopic (exact) mass is 491 g/mol. The molecule has 1 fully saturated rings. The lowest BCUT2D eigenvalue weighted by Gasteiger charge is -2.36. The number of aromatic carboxylic acids is 1. The number of carboxylic acid groups (broad SMARTS) is 1. The first-order valence-corrected chi connectivity index (χ1v) is 11.9. The molecule has 7 nitrogen and oxygen atoms in total. The minimum Gasteiger partial charge on any atom is -0.478 e. The minimum atomic E-state index is -0.915. The average Bonchev–Trinajstić information content (AvgIpc) is 2.87. The van der Waals surface area contributed by atoms with Gasteiger partial charge in [0.2, 0.25) is 5.91 Å². The third kappa shape index (κ3) is 7.13. The van der Waals surface area contributed by atoms with Crippen LogP contribution in [0.1, 0.15) is 28.8 Å². The number of hydrogen-bond donors (Lipinski definition) is 2. The van der Waals surface area contributed by atoms with Crippen molar-refractivity contribution < 1.29 is 23.8 Å². The van der Waals surface area contributed by atoms with Gasteiger partial charge in [-0.3, -0.25) is 14.6 Å². The van der Waals surface area contributed by atoms with Gasteiger partial charge in [-0.05, 0) is 99.2 Å². The average molecular weight is 492 g/mol. The van der Waals surface area contributed by atoms with Crippen LogP contribution in [0.15, 0.2) is 72.8 Å². The molecule has 1 aliphatic rings. The molecule has 0 spiro atoms. The fraction of sp³-hybridized carbons (Fsp3) is 0.286. The van der Waals surface area contributed by atoms with Gasteiger partial charge in [-0.15, -0.1) is 0 Å². The number of halogens is 1. The number of hydrogen-bond acceptors (Lipinski definition) is 5. The van der Waals surface area contributed by atoms with E-state index in [1.54, 1.807) is 48.5 Å². The fourth-order valence-corrected chi connectivity index (χ4v) is 4.33. The van der Waals surface area contributed by atoms with Gasteiger partial charge in [0.15, 0.2) is 0 Å². The predicted molar refractivity (Wildman–Crippen MR) is 136 cm³/mol. The van der Waals surface area contributed by atoms with Crippen LogP contribution in [0.3, 0.4) is 0 Å². The van der Waals surface area contributed by atoms with Crippen LogP contribution in [-0.2, 0) is 11.3 Å². The van der Waals surface area contributed by atoms with Crippen molar-refractivity contribution in [2.75, 3.05) is 32.0 Å². The molecular formula is C28H30FN3O4. The molecule has 3 aromatic rings. The second kappa shape index (κ2) is 11.8. The van der Waals surface area contributed by atoms with Crippen molar-refractivity contribution in [3.8, 4) is 11.5 Å². The first kappa shape index (κ1) is 25.3. The van der Waals surface area contributed by atoms with Gasteiger partial charge in [-0.25, -0.2) is 9.18 Å². The van der Waals surface area contributed by atoms with Crippen LogP contribution >= 0.6 is 0 Å². The first-order chi connectivity index (χ1) is 17.4. The number of carbonyl (C=O) groups excluding carboxylic acids is 1. The number of benzene rings is 3. The molecule has 4 rings (SSSR count). The van der Waals surface area contributed by atoms with Crippen LogP contribution in [0.4, 0.5) is 10.1 Å². The number of piperidine rings is 1. The summed E-state index contributed by atoms with van der Waals surface area (Å²) in [7, 11) is 1.98. The molecule has 0 unspecified atom stereocenters. The number of ether oxygens (including phenoxy) is 1. The normalized spacial score (nSPS) is 14.5. The lowest BCUT2D eigenvalue weighted by molar-refractivity contribution is -0.117. The van der Waals surface area contributed by atoms with Crippen LogP contribution in [0, 0.1) is 5.82 Å². The summed E-state index contributed by atoms with van der Waals surface area (Å²) >= 11 is 0. The van der Waals surface area contributed by atoms with Crippen LogP contribution in [0.5, 0.6) is 11.5 Å². The van der Waals surface area contributed by atoms with E-state index in [2.05, 4.69) is 15.1 Å². The van der Waals surface area contributed by atoms with E-state index in [0.717, 1.165) is 38.0 Å². The number of rotatable bonds is 9. The van der Waals surface area contributed by atoms with Gasteiger partial charge in [-0.2, -0.15) is 0 Å². The number of likely N-dealkylation sites (tertiary alicyclic amines) is 1. The Kier molecular flexibility index (Phi) is 8.30. The molecule has 0 atom stereocenters. The van der Waals surface area contributed by atoms with Gasteiger partial charge in [0.25, 0.3) is 0 Å². The van der Waals surface area contributed by atoms with Crippen molar-refractivity contribution in [3.05, 3.63) is 89.7 Å². The molecule has 8 heteroatoms. The summed E-state index contributed by atoms with van der Waals surface area (Å²) in [5, 5.41) is 12.0. The van der Waals surface area contributed by atoms with Crippen LogP contribution in [0.2, 0.25) is 0 Å². The van der Waals surface area contributed by atoms with Gasteiger partial charge in [-0.1, -0.05) is 12.1 Å². The van der Waals surface area contributed by atoms with Crippen molar-refractivity contribution in [2.45, 2.75) is 25.4 Å². The molecule has 188 valence electrons. The summed E-state index contributed by atoms with van der Waals surface area (Å²) in [6.07, 6.45) is 1.93. The van der Waals surface area contributed by atoms with Gasteiger partial charge in [0, 0.05) is 18.3 Å². The smallest absolute Gasteiger partial charge is 0.335 e. The van der Waals surface area contributed by atoms with Crippen LogP contribution in [0.25, 0.3) is 0 Å². The highest BCUT2D eigenvalue weighted by Gasteiger charge is 2.23. The summed E-state index contributed by atoms with van der Waals surface area (Å²) in [5.74, 6) is -0.174. The van der Waals surface area contributed by atoms with E-state index in [4.69, 9.17) is 9.84 Å². The third-order valence-corrected chi connectivity index (χ3v) is 6.37. The van der Waals surface area contributed by atoms with E-state index in [1.807, 2.05) is 19.2 Å². The summed E-state index contributed by atoms with van der Waals surface area (Å²) in [6, 6.07) is 20.2. The quantitative estimate of drug-likeness (QED) is 0.445. The zero-order valence-corrected chi connectivity index (χ0v) is 20.2. The Hall–Kier alpha value is -3.75. The molecular weight excluding hydrogens is 461 g/mol. The number of likely N-dealkylation sites (N-methyl/N-ethyl adjacent to an activating group) is 1. The van der Waals surface area contributed by atoms with Gasteiger partial charge in [0.05, 0.1) is 12.1 Å². The Morgan fingerprint density at radius 2 is 1.56 bits per heavy atom. The lowest BCUT2D eigenvalue weighted by Crippen LogP contribution is -2.45. The second-order valence-electron chi connectivity index (χ2n) is 9.05. The van der Waals surface area contributed by atoms with Crippen molar-refractivity contribution in [1.82, 2.24) is 9.80 Å². The van der Waals surface area contributed by atoms with Crippen LogP contribution < -0.4 is 10.1 Å². The van der Waals surface area contributed by atoms with E-state index in [0.29, 0.717) is 35.3 Å². The number of carboxylic acids is 1. The molecule has 0 aliphatic carbocycles. The molecule has 1 amide bonds. The van der Waals surface area contributed by atoms with Crippen molar-refractivity contribution in [2.24, 2.45) is 0 Å². The Balaban J connectivity index is 1.19. The van der Waals surface area contributed by atoms with E-state index < -0.39 is 5.97 Å². The Bertz CT molecular complexity index is 1160. The molecule has 0 saturated carbocycles. The lowest BCUT2D eigenvalue weighted by atomic mass is 10.0.